The number of hydrogen-bond acceptors (Lipinski definition) is 2. The van der Waals surface area contributed by atoms with Crippen molar-refractivity contribution in [1.82, 2.24) is 5.32 Å². The molecular formula is C20H31N3O2+2. The number of rotatable bonds is 7. The monoisotopic (exact) mass is 345 g/mol. The molecule has 0 aromatic heterocycles. The maximum absolute atomic E-state index is 12.1. The van der Waals surface area contributed by atoms with Crippen LogP contribution in [0.4, 0.5) is 0 Å². The topological polar surface area (TPSA) is 47.2 Å². The van der Waals surface area contributed by atoms with Crippen molar-refractivity contribution < 1.29 is 19.3 Å². The second-order valence-electron chi connectivity index (χ2n) is 7.13. The summed E-state index contributed by atoms with van der Waals surface area (Å²) >= 11 is 0. The number of amides is 1. The Hall–Kier alpha value is -1.69. The van der Waals surface area contributed by atoms with E-state index in [1.807, 2.05) is 6.07 Å². The van der Waals surface area contributed by atoms with E-state index < -0.39 is 0 Å². The number of benzene rings is 1. The quantitative estimate of drug-likeness (QED) is 0.580. The van der Waals surface area contributed by atoms with Crippen LogP contribution in [0.5, 0.6) is 0 Å². The molecule has 2 saturated heterocycles. The first-order chi connectivity index (χ1) is 12.3. The molecule has 1 aromatic carbocycles. The molecule has 5 nitrogen and oxygen atoms in total. The maximum atomic E-state index is 12.1. The van der Waals surface area contributed by atoms with E-state index in [1.54, 1.807) is 4.90 Å². The number of ether oxygens (including phenoxy) is 1. The van der Waals surface area contributed by atoms with Crippen molar-refractivity contribution >= 4 is 12.0 Å². The molecule has 2 fully saturated rings. The van der Waals surface area contributed by atoms with E-state index in [0.29, 0.717) is 13.1 Å². The first kappa shape index (κ1) is 18.1. The van der Waals surface area contributed by atoms with Gasteiger partial charge in [0.05, 0.1) is 12.6 Å². The van der Waals surface area contributed by atoms with Crippen LogP contribution in [-0.2, 0) is 9.53 Å². The van der Waals surface area contributed by atoms with Gasteiger partial charge in [0.2, 0.25) is 0 Å². The van der Waals surface area contributed by atoms with E-state index in [4.69, 9.17) is 4.74 Å². The summed E-state index contributed by atoms with van der Waals surface area (Å²) in [5.74, 6) is 0.165. The van der Waals surface area contributed by atoms with E-state index in [9.17, 15) is 4.79 Å². The Kier molecular flexibility index (Phi) is 7.03. The standard InChI is InChI=1S/C20H29N3O2/c24-20(21-16-19-9-5-15-25-19)17-23-13-11-22(12-14-23)10-4-8-18-6-2-1-3-7-18/h1-4,6-8,19H,5,9-17H2,(H,21,24)/p+2/b8-4+/t19-/m0/s1. The molecule has 5 heteroatoms. The number of carbonyl (C=O) groups is 1. The Labute approximate surface area is 150 Å². The van der Waals surface area contributed by atoms with Crippen LogP contribution >= 0.6 is 0 Å². The van der Waals surface area contributed by atoms with Gasteiger partial charge in [-0.05, 0) is 24.5 Å². The number of piperazine rings is 1. The van der Waals surface area contributed by atoms with Gasteiger partial charge in [-0.1, -0.05) is 36.4 Å². The molecule has 136 valence electrons. The molecule has 25 heavy (non-hydrogen) atoms. The lowest BCUT2D eigenvalue weighted by Crippen LogP contribution is -3.28. The predicted octanol–water partition coefficient (Wildman–Crippen LogP) is -1.22. The molecule has 1 atom stereocenters. The van der Waals surface area contributed by atoms with E-state index in [-0.39, 0.29) is 12.0 Å². The first-order valence-corrected chi connectivity index (χ1v) is 9.56. The van der Waals surface area contributed by atoms with Crippen molar-refractivity contribution in [3.8, 4) is 0 Å². The molecule has 0 bridgehead atoms. The second-order valence-corrected chi connectivity index (χ2v) is 7.13. The Morgan fingerprint density at radius 1 is 1.16 bits per heavy atom. The van der Waals surface area contributed by atoms with E-state index in [0.717, 1.165) is 52.2 Å². The molecule has 1 amide bonds. The summed E-state index contributed by atoms with van der Waals surface area (Å²) < 4.78 is 5.55. The molecule has 2 aliphatic rings. The summed E-state index contributed by atoms with van der Waals surface area (Å²) in [7, 11) is 0. The minimum Gasteiger partial charge on any atom is -0.376 e. The third-order valence-electron chi connectivity index (χ3n) is 5.14. The number of carbonyl (C=O) groups excluding carboxylic acids is 1. The minimum atomic E-state index is 0.165. The average Bonchev–Trinajstić information content (AvgIpc) is 3.16. The summed E-state index contributed by atoms with van der Waals surface area (Å²) in [6.07, 6.45) is 6.90. The molecule has 2 heterocycles. The molecule has 3 rings (SSSR count). The van der Waals surface area contributed by atoms with Crippen LogP contribution in [0.2, 0.25) is 0 Å². The number of nitrogens with one attached hydrogen (secondary N) is 3. The number of hydrogen-bond donors (Lipinski definition) is 3. The summed E-state index contributed by atoms with van der Waals surface area (Å²) in [6, 6.07) is 10.4. The van der Waals surface area contributed by atoms with Crippen molar-refractivity contribution in [2.45, 2.75) is 18.9 Å². The van der Waals surface area contributed by atoms with Gasteiger partial charge in [0.15, 0.2) is 6.54 Å². The molecule has 0 saturated carbocycles. The Bertz CT molecular complexity index is 547. The smallest absolute Gasteiger partial charge is 0.275 e. The molecule has 2 aliphatic heterocycles. The SMILES string of the molecule is O=C(C[NH+]1CC[NH+](C/C=C/c2ccccc2)CC1)NC[C@@H]1CCCO1. The Balaban J connectivity index is 1.30. The fourth-order valence-electron chi connectivity index (χ4n) is 3.59. The fraction of sp³-hybridized carbons (Fsp3) is 0.550. The molecule has 3 N–H and O–H groups in total. The lowest BCUT2D eigenvalue weighted by atomic mass is 10.2. The van der Waals surface area contributed by atoms with Gasteiger partial charge in [-0.3, -0.25) is 4.79 Å². The average molecular weight is 345 g/mol. The highest BCUT2D eigenvalue weighted by Crippen LogP contribution is 2.10. The predicted molar refractivity (Wildman–Crippen MR) is 98.6 cm³/mol. The van der Waals surface area contributed by atoms with Crippen molar-refractivity contribution in [3.05, 3.63) is 42.0 Å². The summed E-state index contributed by atoms with van der Waals surface area (Å²) in [5.41, 5.74) is 1.26. The highest BCUT2D eigenvalue weighted by Gasteiger charge is 2.24. The zero-order valence-electron chi connectivity index (χ0n) is 15.0. The first-order valence-electron chi connectivity index (χ1n) is 9.56. The van der Waals surface area contributed by atoms with Gasteiger partial charge in [0.25, 0.3) is 5.91 Å². The number of quaternary nitrogens is 2. The van der Waals surface area contributed by atoms with Crippen molar-refractivity contribution in [3.63, 3.8) is 0 Å². The molecule has 0 unspecified atom stereocenters. The lowest BCUT2D eigenvalue weighted by Gasteiger charge is -2.28. The zero-order valence-corrected chi connectivity index (χ0v) is 15.0. The Morgan fingerprint density at radius 2 is 1.92 bits per heavy atom. The van der Waals surface area contributed by atoms with Gasteiger partial charge >= 0.3 is 0 Å². The van der Waals surface area contributed by atoms with Crippen molar-refractivity contribution in [1.29, 1.82) is 0 Å². The van der Waals surface area contributed by atoms with Gasteiger partial charge < -0.3 is 19.9 Å². The van der Waals surface area contributed by atoms with Crippen LogP contribution in [-0.4, -0.2) is 64.4 Å². The lowest BCUT2D eigenvalue weighted by molar-refractivity contribution is -1.01. The normalized spacial score (nSPS) is 26.8. The van der Waals surface area contributed by atoms with Gasteiger partial charge in [-0.25, -0.2) is 0 Å². The zero-order chi connectivity index (χ0) is 17.3. The summed E-state index contributed by atoms with van der Waals surface area (Å²) in [5, 5.41) is 3.03. The molecule has 1 aromatic rings. The third kappa shape index (κ3) is 6.27. The van der Waals surface area contributed by atoms with Crippen molar-refractivity contribution in [2.24, 2.45) is 0 Å². The van der Waals surface area contributed by atoms with Crippen LogP contribution in [0.25, 0.3) is 6.08 Å². The van der Waals surface area contributed by atoms with Gasteiger partial charge in [0, 0.05) is 13.2 Å². The largest absolute Gasteiger partial charge is 0.376 e. The maximum Gasteiger partial charge on any atom is 0.275 e. The molecule has 0 spiro atoms. The highest BCUT2D eigenvalue weighted by molar-refractivity contribution is 5.76. The van der Waals surface area contributed by atoms with Crippen LogP contribution in [0.15, 0.2) is 36.4 Å². The molecule has 0 radical (unpaired) electrons. The molecular weight excluding hydrogens is 314 g/mol. The van der Waals surface area contributed by atoms with Crippen molar-refractivity contribution in [2.75, 3.05) is 52.4 Å². The second kappa shape index (κ2) is 9.70. The summed E-state index contributed by atoms with van der Waals surface area (Å²) in [4.78, 5) is 15.1. The van der Waals surface area contributed by atoms with Crippen LogP contribution < -0.4 is 15.1 Å². The van der Waals surface area contributed by atoms with E-state index in [1.165, 1.54) is 10.5 Å². The van der Waals surface area contributed by atoms with E-state index in [2.05, 4.69) is 41.7 Å². The molecule has 0 aliphatic carbocycles. The fourth-order valence-corrected chi connectivity index (χ4v) is 3.59. The Morgan fingerprint density at radius 3 is 2.64 bits per heavy atom. The van der Waals surface area contributed by atoms with Gasteiger partial charge in [-0.2, -0.15) is 0 Å². The third-order valence-corrected chi connectivity index (χ3v) is 5.14. The minimum absolute atomic E-state index is 0.165. The van der Waals surface area contributed by atoms with Crippen LogP contribution in [0.1, 0.15) is 18.4 Å². The summed E-state index contributed by atoms with van der Waals surface area (Å²) in [6.45, 7) is 7.58. The van der Waals surface area contributed by atoms with Gasteiger partial charge in [0.1, 0.15) is 26.2 Å². The van der Waals surface area contributed by atoms with Crippen LogP contribution in [0.3, 0.4) is 0 Å². The van der Waals surface area contributed by atoms with Gasteiger partial charge in [-0.15, -0.1) is 0 Å². The highest BCUT2D eigenvalue weighted by atomic mass is 16.5. The van der Waals surface area contributed by atoms with Crippen LogP contribution in [0, 0.1) is 0 Å². The van der Waals surface area contributed by atoms with E-state index >= 15 is 0 Å².